The van der Waals surface area contributed by atoms with Crippen molar-refractivity contribution in [1.29, 1.82) is 0 Å². The number of carbonyl (C=O) groups is 3. The molecule has 7 nitrogen and oxygen atoms in total. The van der Waals surface area contributed by atoms with Gasteiger partial charge in [0.1, 0.15) is 12.3 Å². The molecule has 4 fully saturated rings. The van der Waals surface area contributed by atoms with E-state index in [0.717, 1.165) is 12.5 Å². The smallest absolute Gasteiger partial charge is 0.431 e. The van der Waals surface area contributed by atoms with Crippen molar-refractivity contribution in [2.24, 2.45) is 40.4 Å². The molecule has 5 aliphatic rings. The summed E-state index contributed by atoms with van der Waals surface area (Å²) in [5.74, 6) is -3.57. The summed E-state index contributed by atoms with van der Waals surface area (Å²) < 4.78 is 63.1. The molecule has 12 atom stereocenters. The predicted octanol–water partition coefficient (Wildman–Crippen LogP) is 5.74. The molecular formula is C31H41F3O7. The second kappa shape index (κ2) is 10.1. The Kier molecular flexibility index (Phi) is 7.44. The summed E-state index contributed by atoms with van der Waals surface area (Å²) >= 11 is 0. The van der Waals surface area contributed by atoms with Crippen LogP contribution in [0.25, 0.3) is 0 Å². The van der Waals surface area contributed by atoms with E-state index in [1.807, 2.05) is 0 Å². The van der Waals surface area contributed by atoms with Gasteiger partial charge in [-0.1, -0.05) is 33.8 Å². The monoisotopic (exact) mass is 582 g/mol. The van der Waals surface area contributed by atoms with E-state index < -0.39 is 83.0 Å². The Balaban J connectivity index is 1.53. The Morgan fingerprint density at radius 2 is 1.71 bits per heavy atom. The SMILES string of the molecule is C[C@@H]1CC(OC(=O)O[C@@]2(C(=O)OCF)[C@H](C)C[C@H]3[C@@H]4C[C@H](F)C5=CC(=O)C=C[C@]5(C)C4(F)[C@@H](O)C[C@@]32C)C[C@H](C)C1. The van der Waals surface area contributed by atoms with Crippen LogP contribution < -0.4 is 0 Å². The van der Waals surface area contributed by atoms with Crippen molar-refractivity contribution in [3.05, 3.63) is 23.8 Å². The first-order valence-corrected chi connectivity index (χ1v) is 14.7. The number of halogens is 3. The number of fused-ring (bicyclic) bond motifs is 5. The van der Waals surface area contributed by atoms with Crippen molar-refractivity contribution < 1.29 is 46.9 Å². The summed E-state index contributed by atoms with van der Waals surface area (Å²) in [6, 6.07) is 0. The van der Waals surface area contributed by atoms with Crippen molar-refractivity contribution in [3.8, 4) is 0 Å². The number of alkyl halides is 3. The molecule has 0 saturated heterocycles. The summed E-state index contributed by atoms with van der Waals surface area (Å²) in [4.78, 5) is 39.0. The van der Waals surface area contributed by atoms with E-state index in [1.54, 1.807) is 13.8 Å². The standard InChI is InChI=1S/C31H41F3O7/c1-16-8-17(2)10-20(9-16)40-27(38)41-31(26(37)39-15-32)18(3)11-21-22-13-24(33)23-12-19(35)6-7-28(23,4)30(22,34)25(36)14-29(21,31)5/h6-7,12,16-18,20-22,24-25,36H,8-11,13-15H2,1-5H3/t16-,17+,18-,20?,21+,22+,24+,25+,28+,29+,30?,31-/m1/s1. The van der Waals surface area contributed by atoms with Gasteiger partial charge < -0.3 is 19.3 Å². The number of carbonyl (C=O) groups excluding carboxylic acids is 3. The highest BCUT2D eigenvalue weighted by molar-refractivity contribution is 6.01. The second-order valence-electron chi connectivity index (χ2n) is 13.8. The van der Waals surface area contributed by atoms with Crippen molar-refractivity contribution in [2.45, 2.75) is 103 Å². The Hall–Kier alpha value is -2.36. The Morgan fingerprint density at radius 1 is 1.05 bits per heavy atom. The van der Waals surface area contributed by atoms with Crippen molar-refractivity contribution in [2.75, 3.05) is 6.86 Å². The lowest BCUT2D eigenvalue weighted by Gasteiger charge is -2.62. The van der Waals surface area contributed by atoms with Crippen LogP contribution in [0.4, 0.5) is 18.0 Å². The van der Waals surface area contributed by atoms with E-state index in [4.69, 9.17) is 14.2 Å². The van der Waals surface area contributed by atoms with E-state index in [-0.39, 0.29) is 24.8 Å². The summed E-state index contributed by atoms with van der Waals surface area (Å²) in [6.07, 6.45) is 0.412. The van der Waals surface area contributed by atoms with Crippen LogP contribution in [0.15, 0.2) is 23.8 Å². The summed E-state index contributed by atoms with van der Waals surface area (Å²) in [5, 5.41) is 11.6. The first-order valence-electron chi connectivity index (χ1n) is 14.7. The Labute approximate surface area is 238 Å². The third kappa shape index (κ3) is 4.20. The molecule has 0 aliphatic heterocycles. The molecule has 0 heterocycles. The third-order valence-electron chi connectivity index (χ3n) is 11.3. The fourth-order valence-corrected chi connectivity index (χ4v) is 9.64. The van der Waals surface area contributed by atoms with Crippen LogP contribution in [0, 0.1) is 40.4 Å². The van der Waals surface area contributed by atoms with Crippen LogP contribution in [0.3, 0.4) is 0 Å². The van der Waals surface area contributed by atoms with Crippen LogP contribution in [0.5, 0.6) is 0 Å². The predicted molar refractivity (Wildman–Crippen MR) is 142 cm³/mol. The Bertz CT molecular complexity index is 1160. The number of aliphatic hydroxyl groups is 1. The number of hydrogen-bond acceptors (Lipinski definition) is 7. The van der Waals surface area contributed by atoms with Crippen LogP contribution >= 0.6 is 0 Å². The molecule has 1 N–H and O–H groups in total. The number of ketones is 1. The van der Waals surface area contributed by atoms with Gasteiger partial charge in [-0.05, 0) is 80.9 Å². The highest BCUT2D eigenvalue weighted by Gasteiger charge is 2.79. The van der Waals surface area contributed by atoms with Gasteiger partial charge in [0, 0.05) is 22.7 Å². The normalized spacial score (nSPS) is 48.8. The van der Waals surface area contributed by atoms with Crippen molar-refractivity contribution in [1.82, 2.24) is 0 Å². The highest BCUT2D eigenvalue weighted by atomic mass is 19.1. The van der Waals surface area contributed by atoms with Gasteiger partial charge >= 0.3 is 12.1 Å². The van der Waals surface area contributed by atoms with Gasteiger partial charge in [0.25, 0.3) is 0 Å². The minimum absolute atomic E-state index is 0.0173. The van der Waals surface area contributed by atoms with Gasteiger partial charge in [-0.3, -0.25) is 4.79 Å². The van der Waals surface area contributed by atoms with E-state index >= 15 is 8.78 Å². The minimum Gasteiger partial charge on any atom is -0.431 e. The van der Waals surface area contributed by atoms with E-state index in [0.29, 0.717) is 24.7 Å². The number of ether oxygens (including phenoxy) is 3. The van der Waals surface area contributed by atoms with Gasteiger partial charge in [0.05, 0.1) is 6.10 Å². The summed E-state index contributed by atoms with van der Waals surface area (Å²) in [5.41, 5.74) is -7.54. The maximum atomic E-state index is 17.5. The lowest BCUT2D eigenvalue weighted by molar-refractivity contribution is -0.235. The minimum atomic E-state index is -2.38. The zero-order chi connectivity index (χ0) is 30.1. The zero-order valence-corrected chi connectivity index (χ0v) is 24.3. The molecule has 0 aromatic heterocycles. The quantitative estimate of drug-likeness (QED) is 0.422. The molecular weight excluding hydrogens is 541 g/mol. The molecule has 5 aliphatic carbocycles. The van der Waals surface area contributed by atoms with Crippen LogP contribution in [0.2, 0.25) is 0 Å². The van der Waals surface area contributed by atoms with E-state index in [1.165, 1.54) is 19.1 Å². The van der Waals surface area contributed by atoms with E-state index in [2.05, 4.69) is 13.8 Å². The number of hydrogen-bond donors (Lipinski definition) is 1. The van der Waals surface area contributed by atoms with Gasteiger partial charge in [-0.2, -0.15) is 0 Å². The lowest BCUT2D eigenvalue weighted by Crippen LogP contribution is -2.71. The molecule has 0 aromatic rings. The van der Waals surface area contributed by atoms with Crippen LogP contribution in [-0.2, 0) is 23.8 Å². The van der Waals surface area contributed by atoms with E-state index in [9.17, 15) is 23.9 Å². The third-order valence-corrected chi connectivity index (χ3v) is 11.3. The molecule has 5 rings (SSSR count). The maximum Gasteiger partial charge on any atom is 0.509 e. The van der Waals surface area contributed by atoms with Gasteiger partial charge in [-0.25, -0.2) is 22.8 Å². The van der Waals surface area contributed by atoms with Crippen LogP contribution in [0.1, 0.15) is 73.1 Å². The fourth-order valence-electron chi connectivity index (χ4n) is 9.64. The number of aliphatic hydroxyl groups excluding tert-OH is 1. The molecule has 0 aromatic carbocycles. The van der Waals surface area contributed by atoms with Crippen LogP contribution in [-0.4, -0.2) is 59.5 Å². The molecule has 41 heavy (non-hydrogen) atoms. The number of esters is 1. The number of allylic oxidation sites excluding steroid dienone is 4. The summed E-state index contributed by atoms with van der Waals surface area (Å²) in [6.45, 7) is 7.37. The zero-order valence-electron chi connectivity index (χ0n) is 24.3. The molecule has 0 spiro atoms. The molecule has 4 saturated carbocycles. The second-order valence-corrected chi connectivity index (χ2v) is 13.8. The average molecular weight is 583 g/mol. The molecule has 0 radical (unpaired) electrons. The molecule has 228 valence electrons. The fraction of sp³-hybridized carbons (Fsp3) is 0.774. The molecule has 0 amide bonds. The first-order chi connectivity index (χ1) is 19.1. The first kappa shape index (κ1) is 30.1. The average Bonchev–Trinajstić information content (AvgIpc) is 3.08. The largest absolute Gasteiger partial charge is 0.509 e. The molecule has 0 bridgehead atoms. The topological polar surface area (TPSA) is 99.1 Å². The number of rotatable bonds is 4. The lowest BCUT2D eigenvalue weighted by atomic mass is 9.44. The van der Waals surface area contributed by atoms with Gasteiger partial charge in [0.15, 0.2) is 11.5 Å². The van der Waals surface area contributed by atoms with Crippen molar-refractivity contribution >= 4 is 17.9 Å². The maximum absolute atomic E-state index is 17.5. The Morgan fingerprint density at radius 3 is 2.34 bits per heavy atom. The molecule has 2 unspecified atom stereocenters. The molecule has 10 heteroatoms. The van der Waals surface area contributed by atoms with Crippen molar-refractivity contribution in [3.63, 3.8) is 0 Å². The highest BCUT2D eigenvalue weighted by Crippen LogP contribution is 2.71. The summed E-state index contributed by atoms with van der Waals surface area (Å²) in [7, 11) is 0. The van der Waals surface area contributed by atoms with Gasteiger partial charge in [-0.15, -0.1) is 0 Å². The van der Waals surface area contributed by atoms with Gasteiger partial charge in [0.2, 0.25) is 12.5 Å².